The highest BCUT2D eigenvalue weighted by Crippen LogP contribution is 2.29. The highest BCUT2D eigenvalue weighted by Gasteiger charge is 2.32. The molecule has 5 aromatic rings. The Balaban J connectivity index is 0.000000200. The number of nitrogens with one attached hydrogen (secondary N) is 3. The fourth-order valence-corrected chi connectivity index (χ4v) is 6.68. The molecule has 25 heteroatoms. The van der Waals surface area contributed by atoms with E-state index in [1.165, 1.54) is 66.8 Å². The van der Waals surface area contributed by atoms with Crippen LogP contribution in [0.1, 0.15) is 24.0 Å². The summed E-state index contributed by atoms with van der Waals surface area (Å²) in [7, 11) is 0. The van der Waals surface area contributed by atoms with Crippen LogP contribution in [0.15, 0.2) is 126 Å². The molecule has 4 unspecified atom stereocenters. The maximum atomic E-state index is 11.0. The van der Waals surface area contributed by atoms with Crippen LogP contribution in [-0.2, 0) is 60.8 Å². The molecule has 25 nitrogen and oxygen atoms in total. The van der Waals surface area contributed by atoms with E-state index in [0.29, 0.717) is 22.4 Å². The van der Waals surface area contributed by atoms with Gasteiger partial charge in [-0.05, 0) is 108 Å². The predicted octanol–water partition coefficient (Wildman–Crippen LogP) is -0.477. The third kappa shape index (κ3) is 18.0. The van der Waals surface area contributed by atoms with E-state index in [-0.39, 0.29) is 54.4 Å². The predicted molar refractivity (Wildman–Crippen MR) is 270 cm³/mol. The van der Waals surface area contributed by atoms with Gasteiger partial charge in [-0.1, -0.05) is 24.3 Å². The van der Waals surface area contributed by atoms with E-state index >= 15 is 0 Å². The molecule has 4 atom stereocenters. The Kier molecular flexibility index (Phi) is 20.9. The number of benzene rings is 3. The van der Waals surface area contributed by atoms with Gasteiger partial charge in [-0.15, -0.1) is 0 Å². The summed E-state index contributed by atoms with van der Waals surface area (Å²) in [5.74, 6) is -8.12. The molecular formula is C52H50N6O19. The number of nitrogens with two attached hydrogens (primary N) is 3. The van der Waals surface area contributed by atoms with E-state index in [2.05, 4.69) is 15.3 Å². The number of aromatic hydroxyl groups is 5. The molecule has 402 valence electrons. The zero-order chi connectivity index (χ0) is 57.3. The maximum Gasteiger partial charge on any atom is 0.326 e. The highest BCUT2D eigenvalue weighted by molar-refractivity contribution is 6.57. The number of carboxylic acid groups (broad SMARTS) is 4. The van der Waals surface area contributed by atoms with Crippen molar-refractivity contribution >= 4 is 81.6 Å². The molecule has 77 heavy (non-hydrogen) atoms. The number of carboxylic acids is 4. The number of H-pyrrole nitrogens is 2. The van der Waals surface area contributed by atoms with Gasteiger partial charge in [0.2, 0.25) is 34.7 Å². The van der Waals surface area contributed by atoms with Gasteiger partial charge >= 0.3 is 23.9 Å². The molecule has 1 fully saturated rings. The first-order chi connectivity index (χ1) is 36.2. The number of aromatic nitrogens is 2. The number of ketones is 6. The van der Waals surface area contributed by atoms with Crippen LogP contribution < -0.4 is 33.1 Å². The third-order valence-corrected chi connectivity index (χ3v) is 10.8. The summed E-state index contributed by atoms with van der Waals surface area (Å²) in [4.78, 5) is 113. The lowest BCUT2D eigenvalue weighted by atomic mass is 9.99. The second-order valence-electron chi connectivity index (χ2n) is 16.7. The summed E-state index contributed by atoms with van der Waals surface area (Å²) in [6, 6.07) is 13.3. The summed E-state index contributed by atoms with van der Waals surface area (Å²) in [5, 5.41) is 84.5. The van der Waals surface area contributed by atoms with E-state index in [0.717, 1.165) is 45.3 Å². The number of carbonyl (C=O) groups excluding carboxylic acids is 6. The van der Waals surface area contributed by atoms with Gasteiger partial charge in [-0.25, -0.2) is 4.79 Å². The number of phenolic OH excluding ortho intramolecular Hbond substituents is 5. The molecule has 3 aromatic carbocycles. The highest BCUT2D eigenvalue weighted by atomic mass is 16.4. The number of Topliss-reactive ketones (excluding diaryl/α,β-unsaturated/α-hetero) is 2. The van der Waals surface area contributed by atoms with Gasteiger partial charge in [0.05, 0.1) is 0 Å². The van der Waals surface area contributed by atoms with E-state index in [4.69, 9.17) is 63.2 Å². The zero-order valence-corrected chi connectivity index (χ0v) is 40.0. The molecule has 2 aromatic heterocycles. The quantitative estimate of drug-likeness (QED) is 0.0477. The van der Waals surface area contributed by atoms with Crippen molar-refractivity contribution < 1.29 is 93.9 Å². The average Bonchev–Trinajstić information content (AvgIpc) is 4.14. The summed E-state index contributed by atoms with van der Waals surface area (Å²) in [5.41, 5.74) is 19.6. The average molecular weight is 1060 g/mol. The van der Waals surface area contributed by atoms with Gasteiger partial charge in [0.25, 0.3) is 0 Å². The lowest BCUT2D eigenvalue weighted by molar-refractivity contribution is -0.139. The number of phenols is 5. The second kappa shape index (κ2) is 27.2. The minimum Gasteiger partial charge on any atom is -0.508 e. The number of allylic oxidation sites excluding steroid dienone is 6. The van der Waals surface area contributed by atoms with Crippen molar-refractivity contribution in [3.63, 3.8) is 0 Å². The Morgan fingerprint density at radius 3 is 1.64 bits per heavy atom. The van der Waals surface area contributed by atoms with Crippen molar-refractivity contribution in [2.75, 3.05) is 0 Å². The maximum absolute atomic E-state index is 11.0. The summed E-state index contributed by atoms with van der Waals surface area (Å²) in [6.07, 6.45) is 12.8. The van der Waals surface area contributed by atoms with Crippen molar-refractivity contribution in [2.45, 2.75) is 49.9 Å². The first kappa shape index (κ1) is 59.3. The van der Waals surface area contributed by atoms with E-state index in [9.17, 15) is 47.9 Å². The van der Waals surface area contributed by atoms with Gasteiger partial charge < -0.3 is 78.4 Å². The normalized spacial score (nSPS) is 15.8. The van der Waals surface area contributed by atoms with Gasteiger partial charge in [0.15, 0.2) is 23.0 Å². The summed E-state index contributed by atoms with van der Waals surface area (Å²) >= 11 is 0. The van der Waals surface area contributed by atoms with Crippen molar-refractivity contribution in [1.29, 1.82) is 0 Å². The van der Waals surface area contributed by atoms with Crippen molar-refractivity contribution in [3.8, 4) is 28.7 Å². The van der Waals surface area contributed by atoms with E-state index in [1.807, 2.05) is 6.07 Å². The zero-order valence-electron chi connectivity index (χ0n) is 40.0. The third-order valence-electron chi connectivity index (χ3n) is 10.8. The number of fused-ring (bicyclic) bond motifs is 3. The number of aliphatic carboxylic acids is 4. The molecule has 1 aliphatic heterocycles. The van der Waals surface area contributed by atoms with Gasteiger partial charge in [-0.2, -0.15) is 0 Å². The Bertz CT molecular complexity index is 3270. The Labute approximate surface area is 433 Å². The first-order valence-electron chi connectivity index (χ1n) is 22.4. The van der Waals surface area contributed by atoms with Crippen LogP contribution in [0.25, 0.3) is 23.1 Å². The molecule has 0 spiro atoms. The monoisotopic (exact) mass is 1060 g/mol. The van der Waals surface area contributed by atoms with Crippen molar-refractivity contribution in [1.82, 2.24) is 15.3 Å². The lowest BCUT2D eigenvalue weighted by Crippen LogP contribution is -2.32. The van der Waals surface area contributed by atoms with Crippen LogP contribution in [0.2, 0.25) is 0 Å². The molecule has 0 saturated carbocycles. The Morgan fingerprint density at radius 1 is 0.519 bits per heavy atom. The number of carbonyl (C=O) groups is 10. The van der Waals surface area contributed by atoms with Gasteiger partial charge in [0.1, 0.15) is 29.9 Å². The van der Waals surface area contributed by atoms with Crippen LogP contribution in [0.5, 0.6) is 28.7 Å². The minimum atomic E-state index is -1.14. The van der Waals surface area contributed by atoms with Crippen LogP contribution in [-0.4, -0.2) is 139 Å². The molecular weight excluding hydrogens is 1010 g/mol. The molecule has 4 aliphatic rings. The molecule has 3 aliphatic carbocycles. The summed E-state index contributed by atoms with van der Waals surface area (Å²) < 4.78 is 0. The fraction of sp³-hybridized carbons (Fsp3) is 0.154. The topological polar surface area (TPSA) is 474 Å². The minimum absolute atomic E-state index is 0.0465. The van der Waals surface area contributed by atoms with E-state index in [1.54, 1.807) is 30.6 Å². The summed E-state index contributed by atoms with van der Waals surface area (Å²) in [6.45, 7) is 0. The van der Waals surface area contributed by atoms with Crippen LogP contribution in [0.4, 0.5) is 0 Å². The number of rotatable bonds is 10. The molecule has 9 rings (SSSR count). The number of hydrogen-bond acceptors (Lipinski definition) is 19. The largest absolute Gasteiger partial charge is 0.508 e. The second-order valence-corrected chi connectivity index (χ2v) is 16.7. The fourth-order valence-electron chi connectivity index (χ4n) is 6.68. The standard InChI is InChI=1S/C9H7NO4.C9H11NO4.C9H9NO4.C9H11NO3.C8H7NO2.C8H5NO2/c11-7-2-4-1-6(9(13)14)10-5(4)3-8(7)12;2*10-6(9(13)14)3-5-1-2-7(11)8(12)4-5;10-8(9(12)13)5-6-1-3-7(11)4-2-6;2*10-7-3-5-1-2-9-6(5)4-8(7)11/h2-3,6,10H,1H2,(H,13,14);1-2,4,6,11-12H,3,10H2,(H,13,14);1-2,4,6H,3,10H2,(H,13,14);1-4,8,11H,5,10H2,(H,12,13);1-4,9-11H;1-4,9H. The SMILES string of the molecule is NC(CC1=CC(=O)C(=O)C=C1)C(=O)O.NC(Cc1ccc(O)c(O)c1)C(=O)O.NC(Cc1ccc(O)cc1)C(=O)O.O=C1C=C2CC(C(=O)O)NC2=CC1=O.O=C1C=c2cc[nH]c2=CC1=O.Oc1cc2cc[nH]c2cc1O. The molecule has 0 radical (unpaired) electrons. The van der Waals surface area contributed by atoms with Crippen molar-refractivity contribution in [3.05, 3.63) is 148 Å². The molecule has 1 saturated heterocycles. The Hall–Kier alpha value is -10.2. The molecule has 0 amide bonds. The Morgan fingerprint density at radius 2 is 1.04 bits per heavy atom. The van der Waals surface area contributed by atoms with Crippen LogP contribution in [0.3, 0.4) is 0 Å². The van der Waals surface area contributed by atoms with Crippen molar-refractivity contribution in [2.24, 2.45) is 17.2 Å². The van der Waals surface area contributed by atoms with Crippen LogP contribution in [0, 0.1) is 0 Å². The lowest BCUT2D eigenvalue weighted by Gasteiger charge is -2.08. The molecule has 18 N–H and O–H groups in total. The number of hydrogen-bond donors (Lipinski definition) is 15. The van der Waals surface area contributed by atoms with Gasteiger partial charge in [0, 0.05) is 64.2 Å². The molecule has 0 bridgehead atoms. The number of aromatic amines is 2. The first-order valence-corrected chi connectivity index (χ1v) is 22.4. The van der Waals surface area contributed by atoms with Gasteiger partial charge in [-0.3, -0.25) is 43.2 Å². The smallest absolute Gasteiger partial charge is 0.326 e. The molecule has 3 heterocycles. The van der Waals surface area contributed by atoms with E-state index < -0.39 is 82.7 Å². The van der Waals surface area contributed by atoms with Crippen LogP contribution >= 0.6 is 0 Å².